The number of nitrogens with zero attached hydrogens (tertiary/aromatic N) is 1. The maximum absolute atomic E-state index is 11.4. The molecule has 17 heavy (non-hydrogen) atoms. The molecule has 92 valence electrons. The maximum atomic E-state index is 11.4. The summed E-state index contributed by atoms with van der Waals surface area (Å²) in [4.78, 5) is 23.8. The van der Waals surface area contributed by atoms with Gasteiger partial charge in [-0.15, -0.1) is 0 Å². The van der Waals surface area contributed by atoms with Crippen molar-refractivity contribution in [2.45, 2.75) is 0 Å². The molecule has 6 nitrogen and oxygen atoms in total. The lowest BCUT2D eigenvalue weighted by molar-refractivity contribution is 0.0697. The van der Waals surface area contributed by atoms with Gasteiger partial charge in [0, 0.05) is 14.1 Å². The molecule has 0 aliphatic rings. The van der Waals surface area contributed by atoms with Crippen LogP contribution in [0.3, 0.4) is 0 Å². The van der Waals surface area contributed by atoms with Gasteiger partial charge < -0.3 is 20.1 Å². The number of carbonyl (C=O) groups is 2. The van der Waals surface area contributed by atoms with Crippen molar-refractivity contribution in [3.63, 3.8) is 0 Å². The molecule has 0 saturated carbocycles. The fraction of sp³-hybridized carbons (Fsp3) is 0.273. The standard InChI is InChI=1S/C11H14N2O4/c1-13(2)11(16)12-9-5-4-7(17-3)6-8(9)10(14)15/h4-6H,1-3H3,(H,12,16)(H,14,15). The van der Waals surface area contributed by atoms with Gasteiger partial charge in [-0.25, -0.2) is 9.59 Å². The second-order valence-corrected chi connectivity index (χ2v) is 3.54. The average molecular weight is 238 g/mol. The van der Waals surface area contributed by atoms with Crippen LogP contribution in [0.15, 0.2) is 18.2 Å². The summed E-state index contributed by atoms with van der Waals surface area (Å²) >= 11 is 0. The molecule has 0 bridgehead atoms. The van der Waals surface area contributed by atoms with Crippen LogP contribution in [0.5, 0.6) is 5.75 Å². The molecule has 0 spiro atoms. The fourth-order valence-electron chi connectivity index (χ4n) is 1.16. The van der Waals surface area contributed by atoms with E-state index in [-0.39, 0.29) is 11.3 Å². The molecular weight excluding hydrogens is 224 g/mol. The molecule has 0 heterocycles. The van der Waals surface area contributed by atoms with Crippen LogP contribution >= 0.6 is 0 Å². The zero-order valence-electron chi connectivity index (χ0n) is 9.85. The number of ether oxygens (including phenoxy) is 1. The second-order valence-electron chi connectivity index (χ2n) is 3.54. The summed E-state index contributed by atoms with van der Waals surface area (Å²) in [5.74, 6) is -0.705. The molecule has 0 saturated heterocycles. The van der Waals surface area contributed by atoms with E-state index < -0.39 is 12.0 Å². The van der Waals surface area contributed by atoms with Gasteiger partial charge in [-0.3, -0.25) is 0 Å². The Morgan fingerprint density at radius 3 is 2.47 bits per heavy atom. The first kappa shape index (κ1) is 12.8. The zero-order valence-corrected chi connectivity index (χ0v) is 9.85. The number of hydrogen-bond donors (Lipinski definition) is 2. The molecule has 0 fully saturated rings. The van der Waals surface area contributed by atoms with Gasteiger partial charge in [-0.2, -0.15) is 0 Å². The van der Waals surface area contributed by atoms with E-state index in [1.165, 1.54) is 24.1 Å². The Labute approximate surface area is 98.8 Å². The lowest BCUT2D eigenvalue weighted by atomic mass is 10.1. The van der Waals surface area contributed by atoms with Gasteiger partial charge in [-0.05, 0) is 18.2 Å². The van der Waals surface area contributed by atoms with Crippen LogP contribution in [0, 0.1) is 0 Å². The highest BCUT2D eigenvalue weighted by Gasteiger charge is 2.14. The van der Waals surface area contributed by atoms with Crippen LogP contribution in [0.2, 0.25) is 0 Å². The Balaban J connectivity index is 3.06. The van der Waals surface area contributed by atoms with E-state index in [2.05, 4.69) is 5.32 Å². The summed E-state index contributed by atoms with van der Waals surface area (Å²) in [6.07, 6.45) is 0. The number of carboxylic acid groups (broad SMARTS) is 1. The first-order valence-corrected chi connectivity index (χ1v) is 4.85. The van der Waals surface area contributed by atoms with Crippen molar-refractivity contribution in [1.29, 1.82) is 0 Å². The number of nitrogens with one attached hydrogen (secondary N) is 1. The summed E-state index contributed by atoms with van der Waals surface area (Å²) in [5, 5.41) is 11.5. The van der Waals surface area contributed by atoms with Crippen molar-refractivity contribution in [3.8, 4) is 5.75 Å². The number of anilines is 1. The van der Waals surface area contributed by atoms with E-state index in [1.807, 2.05) is 0 Å². The summed E-state index contributed by atoms with van der Waals surface area (Å²) in [7, 11) is 4.58. The molecule has 0 aromatic heterocycles. The summed E-state index contributed by atoms with van der Waals surface area (Å²) in [6.45, 7) is 0. The van der Waals surface area contributed by atoms with Crippen LogP contribution in [0.25, 0.3) is 0 Å². The van der Waals surface area contributed by atoms with Crippen molar-refractivity contribution in [1.82, 2.24) is 4.90 Å². The number of urea groups is 1. The number of methoxy groups -OCH3 is 1. The minimum Gasteiger partial charge on any atom is -0.497 e. The first-order chi connectivity index (χ1) is 7.95. The third-order valence-electron chi connectivity index (χ3n) is 2.10. The number of amides is 2. The van der Waals surface area contributed by atoms with Gasteiger partial charge in [0.05, 0.1) is 18.4 Å². The third kappa shape index (κ3) is 3.10. The molecule has 2 N–H and O–H groups in total. The molecule has 0 atom stereocenters. The Kier molecular flexibility index (Phi) is 3.92. The van der Waals surface area contributed by atoms with E-state index in [0.717, 1.165) is 0 Å². The van der Waals surface area contributed by atoms with Crippen molar-refractivity contribution in [2.24, 2.45) is 0 Å². The molecule has 2 amide bonds. The molecule has 1 rings (SSSR count). The molecule has 1 aromatic carbocycles. The lowest BCUT2D eigenvalue weighted by Crippen LogP contribution is -2.28. The van der Waals surface area contributed by atoms with Gasteiger partial charge in [0.15, 0.2) is 0 Å². The molecule has 0 radical (unpaired) electrons. The van der Waals surface area contributed by atoms with Gasteiger partial charge in [0.2, 0.25) is 0 Å². The van der Waals surface area contributed by atoms with Crippen LogP contribution in [-0.2, 0) is 0 Å². The van der Waals surface area contributed by atoms with Crippen molar-refractivity contribution in [3.05, 3.63) is 23.8 Å². The number of benzene rings is 1. The van der Waals surface area contributed by atoms with E-state index >= 15 is 0 Å². The van der Waals surface area contributed by atoms with Gasteiger partial charge in [0.1, 0.15) is 5.75 Å². The lowest BCUT2D eigenvalue weighted by Gasteiger charge is -2.14. The SMILES string of the molecule is COc1ccc(NC(=O)N(C)C)c(C(=O)O)c1. The molecule has 1 aromatic rings. The Hall–Kier alpha value is -2.24. The smallest absolute Gasteiger partial charge is 0.337 e. The molecule has 6 heteroatoms. The summed E-state index contributed by atoms with van der Waals surface area (Å²) < 4.78 is 4.93. The topological polar surface area (TPSA) is 78.9 Å². The van der Waals surface area contributed by atoms with Crippen LogP contribution < -0.4 is 10.1 Å². The average Bonchev–Trinajstić information content (AvgIpc) is 2.29. The quantitative estimate of drug-likeness (QED) is 0.836. The van der Waals surface area contributed by atoms with Crippen molar-refractivity contribution >= 4 is 17.7 Å². The molecule has 0 aliphatic heterocycles. The van der Waals surface area contributed by atoms with Crippen LogP contribution in [-0.4, -0.2) is 43.2 Å². The molecule has 0 unspecified atom stereocenters. The minimum atomic E-state index is -1.13. The summed E-state index contributed by atoms with van der Waals surface area (Å²) in [6, 6.07) is 4.03. The van der Waals surface area contributed by atoms with Gasteiger partial charge in [-0.1, -0.05) is 0 Å². The Morgan fingerprint density at radius 1 is 1.35 bits per heavy atom. The highest BCUT2D eigenvalue weighted by Crippen LogP contribution is 2.22. The van der Waals surface area contributed by atoms with E-state index in [1.54, 1.807) is 20.2 Å². The normalized spacial score (nSPS) is 9.59. The fourth-order valence-corrected chi connectivity index (χ4v) is 1.16. The predicted molar refractivity (Wildman–Crippen MR) is 62.7 cm³/mol. The highest BCUT2D eigenvalue weighted by atomic mass is 16.5. The maximum Gasteiger partial charge on any atom is 0.337 e. The summed E-state index contributed by atoms with van der Waals surface area (Å²) in [5.41, 5.74) is 0.219. The zero-order chi connectivity index (χ0) is 13.0. The van der Waals surface area contributed by atoms with Crippen molar-refractivity contribution in [2.75, 3.05) is 26.5 Å². The monoisotopic (exact) mass is 238 g/mol. The number of carbonyl (C=O) groups excluding carboxylic acids is 1. The Bertz CT molecular complexity index is 443. The second kappa shape index (κ2) is 5.20. The highest BCUT2D eigenvalue weighted by molar-refractivity contribution is 6.00. The number of aromatic carboxylic acids is 1. The number of hydrogen-bond acceptors (Lipinski definition) is 3. The van der Waals surface area contributed by atoms with Gasteiger partial charge in [0.25, 0.3) is 0 Å². The predicted octanol–water partition coefficient (Wildman–Crippen LogP) is 1.49. The first-order valence-electron chi connectivity index (χ1n) is 4.85. The van der Waals surface area contributed by atoms with Crippen LogP contribution in [0.1, 0.15) is 10.4 Å². The number of carboxylic acids is 1. The number of rotatable bonds is 3. The van der Waals surface area contributed by atoms with Gasteiger partial charge >= 0.3 is 12.0 Å². The van der Waals surface area contributed by atoms with Crippen LogP contribution in [0.4, 0.5) is 10.5 Å². The minimum absolute atomic E-state index is 0.0143. The third-order valence-corrected chi connectivity index (χ3v) is 2.10. The largest absolute Gasteiger partial charge is 0.497 e. The molecular formula is C11H14N2O4. The van der Waals surface area contributed by atoms with E-state index in [9.17, 15) is 9.59 Å². The van der Waals surface area contributed by atoms with E-state index in [4.69, 9.17) is 9.84 Å². The van der Waals surface area contributed by atoms with E-state index in [0.29, 0.717) is 5.75 Å². The van der Waals surface area contributed by atoms with Crippen molar-refractivity contribution < 1.29 is 19.4 Å². The molecule has 0 aliphatic carbocycles. The Morgan fingerprint density at radius 2 is 2.00 bits per heavy atom.